The maximum atomic E-state index is 11.8. The molecule has 1 aliphatic rings. The molecule has 1 fully saturated rings. The molecule has 0 saturated carbocycles. The van der Waals surface area contributed by atoms with E-state index in [4.69, 9.17) is 28.6 Å². The third kappa shape index (κ3) is 4.83. The highest BCUT2D eigenvalue weighted by atomic mass is 35.5. The number of rotatable bonds is 5. The second kappa shape index (κ2) is 8.32. The molecule has 0 atom stereocenters. The van der Waals surface area contributed by atoms with Crippen LogP contribution in [0.5, 0.6) is 5.75 Å². The molecule has 1 amide bonds. The van der Waals surface area contributed by atoms with Crippen molar-refractivity contribution in [2.45, 2.75) is 6.92 Å². The predicted octanol–water partition coefficient (Wildman–Crippen LogP) is 3.33. The van der Waals surface area contributed by atoms with Crippen molar-refractivity contribution in [1.82, 2.24) is 5.32 Å². The summed E-state index contributed by atoms with van der Waals surface area (Å²) in [6.45, 7) is 1.61. The number of ether oxygens (including phenoxy) is 2. The van der Waals surface area contributed by atoms with Crippen molar-refractivity contribution < 1.29 is 19.1 Å². The van der Waals surface area contributed by atoms with Gasteiger partial charge in [0.2, 0.25) is 0 Å². The van der Waals surface area contributed by atoms with Crippen LogP contribution in [0.1, 0.15) is 12.5 Å². The summed E-state index contributed by atoms with van der Waals surface area (Å²) in [5.41, 5.74) is 1.44. The van der Waals surface area contributed by atoms with Crippen molar-refractivity contribution in [3.05, 3.63) is 45.3 Å². The third-order valence-electron chi connectivity index (χ3n) is 3.03. The van der Waals surface area contributed by atoms with E-state index >= 15 is 0 Å². The fourth-order valence-corrected chi connectivity index (χ4v) is 3.07. The monoisotopic (exact) mass is 383 g/mol. The topological polar surface area (TPSA) is 64.6 Å². The van der Waals surface area contributed by atoms with Crippen molar-refractivity contribution in [3.63, 3.8) is 0 Å². The van der Waals surface area contributed by atoms with Crippen molar-refractivity contribution in [3.8, 4) is 5.75 Å². The number of hydrogen-bond acceptors (Lipinski definition) is 6. The number of carbonyl (C=O) groups is 2. The molecule has 0 bridgehead atoms. The van der Waals surface area contributed by atoms with E-state index < -0.39 is 5.97 Å². The van der Waals surface area contributed by atoms with Crippen LogP contribution >= 0.6 is 35.6 Å². The standard InChI is InChI=1S/C16H14ClNO4S2/c1-9(14-15(20)18-16(23)24-14)3-4-10-7-11(17)5-6-12(10)22-8-13(19)21-2/h3-7H,8H2,1-2H3,(H,18,20,23)/b4-3+,14-9+. The lowest BCUT2D eigenvalue weighted by molar-refractivity contribution is -0.142. The van der Waals surface area contributed by atoms with Crippen LogP contribution in [0.2, 0.25) is 5.02 Å². The number of thioether (sulfide) groups is 1. The van der Waals surface area contributed by atoms with Crippen molar-refractivity contribution in [2.24, 2.45) is 0 Å². The van der Waals surface area contributed by atoms with Gasteiger partial charge in [-0.1, -0.05) is 47.7 Å². The number of hydrogen-bond donors (Lipinski definition) is 1. The van der Waals surface area contributed by atoms with Gasteiger partial charge in [0, 0.05) is 10.6 Å². The molecule has 1 saturated heterocycles. The predicted molar refractivity (Wildman–Crippen MR) is 99.0 cm³/mol. The molecule has 1 aromatic carbocycles. The molecule has 0 radical (unpaired) electrons. The Balaban J connectivity index is 2.23. The number of methoxy groups -OCH3 is 1. The molecular weight excluding hydrogens is 370 g/mol. The molecule has 8 heteroatoms. The summed E-state index contributed by atoms with van der Waals surface area (Å²) in [5, 5.41) is 3.10. The Hall–Kier alpha value is -1.83. The molecule has 0 spiro atoms. The van der Waals surface area contributed by atoms with E-state index in [-0.39, 0.29) is 12.5 Å². The Morgan fingerprint density at radius 1 is 1.46 bits per heavy atom. The molecule has 0 aromatic heterocycles. The van der Waals surface area contributed by atoms with Crippen LogP contribution in [0.15, 0.2) is 34.8 Å². The third-order valence-corrected chi connectivity index (χ3v) is 4.62. The van der Waals surface area contributed by atoms with Crippen molar-refractivity contribution in [2.75, 3.05) is 13.7 Å². The van der Waals surface area contributed by atoms with Crippen LogP contribution in [0, 0.1) is 0 Å². The molecule has 5 nitrogen and oxygen atoms in total. The molecule has 1 aliphatic heterocycles. The smallest absolute Gasteiger partial charge is 0.343 e. The van der Waals surface area contributed by atoms with E-state index in [1.54, 1.807) is 30.4 Å². The van der Waals surface area contributed by atoms with E-state index in [0.29, 0.717) is 25.6 Å². The lowest BCUT2D eigenvalue weighted by atomic mass is 10.1. The van der Waals surface area contributed by atoms with E-state index in [2.05, 4.69) is 10.1 Å². The van der Waals surface area contributed by atoms with Crippen LogP contribution in [0.4, 0.5) is 0 Å². The first kappa shape index (κ1) is 18.5. The molecule has 0 aliphatic carbocycles. The van der Waals surface area contributed by atoms with Gasteiger partial charge in [-0.15, -0.1) is 0 Å². The molecule has 126 valence electrons. The normalized spacial score (nSPS) is 16.3. The van der Waals surface area contributed by atoms with Gasteiger partial charge in [0.25, 0.3) is 5.91 Å². The summed E-state index contributed by atoms with van der Waals surface area (Å²) in [6, 6.07) is 5.03. The van der Waals surface area contributed by atoms with Gasteiger partial charge in [0.1, 0.15) is 10.1 Å². The Bertz CT molecular complexity index is 758. The quantitative estimate of drug-likeness (QED) is 0.478. The van der Waals surface area contributed by atoms with E-state index in [0.717, 1.165) is 5.57 Å². The molecule has 0 unspecified atom stereocenters. The Morgan fingerprint density at radius 2 is 2.21 bits per heavy atom. The van der Waals surface area contributed by atoms with E-state index in [1.165, 1.54) is 18.9 Å². The van der Waals surface area contributed by atoms with Crippen LogP contribution in [0.3, 0.4) is 0 Å². The van der Waals surface area contributed by atoms with Gasteiger partial charge in [-0.05, 0) is 30.7 Å². The van der Waals surface area contributed by atoms with E-state index in [9.17, 15) is 9.59 Å². The average Bonchev–Trinajstić information content (AvgIpc) is 2.89. The maximum Gasteiger partial charge on any atom is 0.343 e. The number of benzene rings is 1. The second-order valence-electron chi connectivity index (χ2n) is 4.74. The minimum Gasteiger partial charge on any atom is -0.481 e. The second-order valence-corrected chi connectivity index (χ2v) is 6.86. The maximum absolute atomic E-state index is 11.8. The highest BCUT2D eigenvalue weighted by Crippen LogP contribution is 2.29. The summed E-state index contributed by atoms with van der Waals surface area (Å²) in [7, 11) is 1.29. The zero-order valence-corrected chi connectivity index (χ0v) is 15.3. The number of amides is 1. The van der Waals surface area contributed by atoms with Gasteiger partial charge in [-0.2, -0.15) is 0 Å². The zero-order chi connectivity index (χ0) is 17.7. The SMILES string of the molecule is COC(=O)COc1ccc(Cl)cc1/C=C/C(C)=C1/SC(=S)NC1=O. The van der Waals surface area contributed by atoms with Gasteiger partial charge in [-0.25, -0.2) is 4.79 Å². The van der Waals surface area contributed by atoms with Crippen LogP contribution in [0.25, 0.3) is 6.08 Å². The summed E-state index contributed by atoms with van der Waals surface area (Å²) >= 11 is 12.2. The lowest BCUT2D eigenvalue weighted by Gasteiger charge is -2.08. The van der Waals surface area contributed by atoms with Gasteiger partial charge in [-0.3, -0.25) is 4.79 Å². The Kier molecular flexibility index (Phi) is 6.42. The Morgan fingerprint density at radius 3 is 2.83 bits per heavy atom. The first-order chi connectivity index (χ1) is 11.4. The number of nitrogens with one attached hydrogen (secondary N) is 1. The molecule has 1 N–H and O–H groups in total. The molecule has 1 heterocycles. The minimum absolute atomic E-state index is 0.203. The van der Waals surface area contributed by atoms with Crippen molar-refractivity contribution >= 4 is 57.9 Å². The highest BCUT2D eigenvalue weighted by Gasteiger charge is 2.23. The molecular formula is C16H14ClNO4S2. The summed E-state index contributed by atoms with van der Waals surface area (Å²) in [5.74, 6) is -0.205. The first-order valence-corrected chi connectivity index (χ1v) is 8.42. The van der Waals surface area contributed by atoms with E-state index in [1.807, 2.05) is 6.92 Å². The van der Waals surface area contributed by atoms with Crippen LogP contribution < -0.4 is 10.1 Å². The number of esters is 1. The molecule has 1 aromatic rings. The van der Waals surface area contributed by atoms with Gasteiger partial charge in [0.05, 0.1) is 12.0 Å². The fourth-order valence-electron chi connectivity index (χ4n) is 1.84. The number of allylic oxidation sites excluding steroid dienone is 2. The molecule has 2 rings (SSSR count). The summed E-state index contributed by atoms with van der Waals surface area (Å²) < 4.78 is 10.4. The fraction of sp³-hybridized carbons (Fsp3) is 0.188. The zero-order valence-electron chi connectivity index (χ0n) is 12.9. The van der Waals surface area contributed by atoms with Crippen LogP contribution in [-0.4, -0.2) is 29.9 Å². The number of halogens is 1. The Labute approximate surface area is 154 Å². The van der Waals surface area contributed by atoms with Crippen LogP contribution in [-0.2, 0) is 14.3 Å². The minimum atomic E-state index is -0.481. The first-order valence-electron chi connectivity index (χ1n) is 6.82. The largest absolute Gasteiger partial charge is 0.481 e. The number of carbonyl (C=O) groups excluding carboxylic acids is 2. The number of thiocarbonyl (C=S) groups is 1. The van der Waals surface area contributed by atoms with Gasteiger partial charge >= 0.3 is 5.97 Å². The highest BCUT2D eigenvalue weighted by molar-refractivity contribution is 8.26. The molecule has 24 heavy (non-hydrogen) atoms. The average molecular weight is 384 g/mol. The summed E-state index contributed by atoms with van der Waals surface area (Å²) in [4.78, 5) is 23.5. The van der Waals surface area contributed by atoms with Crippen molar-refractivity contribution in [1.29, 1.82) is 0 Å². The van der Waals surface area contributed by atoms with Gasteiger partial charge < -0.3 is 14.8 Å². The lowest BCUT2D eigenvalue weighted by Crippen LogP contribution is -2.18. The van der Waals surface area contributed by atoms with Gasteiger partial charge in [0.15, 0.2) is 6.61 Å². The summed E-state index contributed by atoms with van der Waals surface area (Å²) in [6.07, 6.45) is 3.53.